The van der Waals surface area contributed by atoms with E-state index in [2.05, 4.69) is 17.0 Å². The van der Waals surface area contributed by atoms with Crippen LogP contribution in [0.2, 0.25) is 0 Å². The predicted octanol–water partition coefficient (Wildman–Crippen LogP) is 1.60. The van der Waals surface area contributed by atoms with Crippen molar-refractivity contribution in [2.75, 3.05) is 32.9 Å². The largest absolute Gasteiger partial charge is 0.488 e. The molecule has 3 rings (SSSR count). The second kappa shape index (κ2) is 8.81. The van der Waals surface area contributed by atoms with Crippen LogP contribution in [-0.2, 0) is 11.2 Å². The highest BCUT2D eigenvalue weighted by molar-refractivity contribution is 5.27. The molecule has 0 bridgehead atoms. The number of hydrogen-bond donors (Lipinski definition) is 2. The topological polar surface area (TPSA) is 62.2 Å². The fraction of sp³-hybridized carbons (Fsp3) is 0.684. The molecule has 134 valence electrons. The van der Waals surface area contributed by atoms with Gasteiger partial charge in [0, 0.05) is 25.7 Å². The van der Waals surface area contributed by atoms with Gasteiger partial charge in [0.25, 0.3) is 0 Å². The van der Waals surface area contributed by atoms with Crippen LogP contribution in [0.25, 0.3) is 0 Å². The van der Waals surface area contributed by atoms with Gasteiger partial charge >= 0.3 is 0 Å². The standard InChI is InChI=1S/C19H29NO4/c21-13-16-12-17(22)8-10-20(16)9-7-15-3-5-18(6-4-15)24-19-2-1-11-23-14-19/h3-6,16-17,19,21-22H,1-2,7-14H2. The van der Waals surface area contributed by atoms with E-state index in [4.69, 9.17) is 9.47 Å². The maximum atomic E-state index is 9.72. The summed E-state index contributed by atoms with van der Waals surface area (Å²) in [6, 6.07) is 8.39. The van der Waals surface area contributed by atoms with Crippen LogP contribution < -0.4 is 4.74 Å². The first-order valence-corrected chi connectivity index (χ1v) is 9.11. The summed E-state index contributed by atoms with van der Waals surface area (Å²) in [5.41, 5.74) is 1.27. The zero-order valence-corrected chi connectivity index (χ0v) is 14.3. The van der Waals surface area contributed by atoms with Crippen LogP contribution in [0.3, 0.4) is 0 Å². The molecule has 5 heteroatoms. The van der Waals surface area contributed by atoms with Gasteiger partial charge in [-0.05, 0) is 49.8 Å². The Balaban J connectivity index is 1.47. The van der Waals surface area contributed by atoms with Crippen LogP contribution in [0.5, 0.6) is 5.75 Å². The Labute approximate surface area is 144 Å². The molecule has 3 atom stereocenters. The van der Waals surface area contributed by atoms with E-state index in [1.54, 1.807) is 0 Å². The summed E-state index contributed by atoms with van der Waals surface area (Å²) < 4.78 is 11.4. The molecular formula is C19H29NO4. The van der Waals surface area contributed by atoms with E-state index in [1.165, 1.54) is 5.56 Å². The Morgan fingerprint density at radius 1 is 1.21 bits per heavy atom. The number of rotatable bonds is 6. The van der Waals surface area contributed by atoms with Crippen LogP contribution in [0.4, 0.5) is 0 Å². The third kappa shape index (κ3) is 4.93. The molecule has 2 aliphatic heterocycles. The van der Waals surface area contributed by atoms with E-state index in [-0.39, 0.29) is 24.9 Å². The van der Waals surface area contributed by atoms with E-state index in [9.17, 15) is 10.2 Å². The van der Waals surface area contributed by atoms with Gasteiger partial charge in [-0.15, -0.1) is 0 Å². The van der Waals surface area contributed by atoms with Gasteiger partial charge in [0.15, 0.2) is 0 Å². The van der Waals surface area contributed by atoms with Gasteiger partial charge in [-0.25, -0.2) is 0 Å². The van der Waals surface area contributed by atoms with Crippen molar-refractivity contribution in [3.63, 3.8) is 0 Å². The Morgan fingerprint density at radius 2 is 2.04 bits per heavy atom. The first kappa shape index (κ1) is 17.7. The predicted molar refractivity (Wildman–Crippen MR) is 92.3 cm³/mol. The van der Waals surface area contributed by atoms with E-state index >= 15 is 0 Å². The molecule has 2 N–H and O–H groups in total. The van der Waals surface area contributed by atoms with Crippen molar-refractivity contribution in [3.8, 4) is 5.75 Å². The minimum Gasteiger partial charge on any atom is -0.488 e. The van der Waals surface area contributed by atoms with Crippen molar-refractivity contribution < 1.29 is 19.7 Å². The van der Waals surface area contributed by atoms with Crippen LogP contribution in [-0.4, -0.2) is 66.3 Å². The monoisotopic (exact) mass is 335 g/mol. The molecule has 24 heavy (non-hydrogen) atoms. The number of piperidine rings is 1. The number of aliphatic hydroxyl groups excluding tert-OH is 2. The Kier molecular flexibility index (Phi) is 6.49. The molecule has 2 fully saturated rings. The smallest absolute Gasteiger partial charge is 0.122 e. The van der Waals surface area contributed by atoms with Gasteiger partial charge in [-0.3, -0.25) is 4.90 Å². The zero-order valence-electron chi connectivity index (χ0n) is 14.3. The number of benzene rings is 1. The average molecular weight is 335 g/mol. The highest BCUT2D eigenvalue weighted by atomic mass is 16.5. The summed E-state index contributed by atoms with van der Waals surface area (Å²) >= 11 is 0. The van der Waals surface area contributed by atoms with Crippen molar-refractivity contribution >= 4 is 0 Å². The molecule has 0 saturated carbocycles. The van der Waals surface area contributed by atoms with Crippen molar-refractivity contribution in [1.29, 1.82) is 0 Å². The molecular weight excluding hydrogens is 306 g/mol. The van der Waals surface area contributed by atoms with E-state index in [0.717, 1.165) is 51.1 Å². The normalized spacial score (nSPS) is 28.7. The summed E-state index contributed by atoms with van der Waals surface area (Å²) in [6.07, 6.45) is 4.46. The van der Waals surface area contributed by atoms with Gasteiger partial charge in [0.05, 0.1) is 19.3 Å². The molecule has 0 spiro atoms. The molecule has 0 aliphatic carbocycles. The molecule has 2 saturated heterocycles. The fourth-order valence-corrected chi connectivity index (χ4v) is 3.57. The highest BCUT2D eigenvalue weighted by Gasteiger charge is 2.26. The summed E-state index contributed by atoms with van der Waals surface area (Å²) in [5, 5.41) is 19.2. The van der Waals surface area contributed by atoms with E-state index in [1.807, 2.05) is 12.1 Å². The first-order chi connectivity index (χ1) is 11.7. The SMILES string of the molecule is OCC1CC(O)CCN1CCc1ccc(OC2CCCOC2)cc1. The quantitative estimate of drug-likeness (QED) is 0.827. The summed E-state index contributed by atoms with van der Waals surface area (Å²) in [6.45, 7) is 3.42. The molecule has 0 radical (unpaired) electrons. The Bertz CT molecular complexity index is 487. The number of hydrogen-bond acceptors (Lipinski definition) is 5. The molecule has 3 unspecified atom stereocenters. The Morgan fingerprint density at radius 3 is 2.75 bits per heavy atom. The van der Waals surface area contributed by atoms with E-state index < -0.39 is 0 Å². The van der Waals surface area contributed by atoms with Gasteiger partial charge < -0.3 is 19.7 Å². The zero-order chi connectivity index (χ0) is 16.8. The molecule has 2 heterocycles. The van der Waals surface area contributed by atoms with E-state index in [0.29, 0.717) is 13.0 Å². The van der Waals surface area contributed by atoms with Crippen molar-refractivity contribution in [3.05, 3.63) is 29.8 Å². The van der Waals surface area contributed by atoms with Crippen molar-refractivity contribution in [1.82, 2.24) is 4.90 Å². The lowest BCUT2D eigenvalue weighted by Crippen LogP contribution is -2.47. The average Bonchev–Trinajstić information content (AvgIpc) is 2.62. The second-order valence-corrected chi connectivity index (χ2v) is 6.90. The maximum absolute atomic E-state index is 9.72. The van der Waals surface area contributed by atoms with Crippen molar-refractivity contribution in [2.45, 2.75) is 50.4 Å². The summed E-state index contributed by atoms with van der Waals surface area (Å²) in [5.74, 6) is 0.906. The number of nitrogens with zero attached hydrogens (tertiary/aromatic N) is 1. The van der Waals surface area contributed by atoms with Crippen LogP contribution in [0, 0.1) is 0 Å². The van der Waals surface area contributed by atoms with Gasteiger partial charge in [0.2, 0.25) is 0 Å². The van der Waals surface area contributed by atoms with Gasteiger partial charge in [-0.2, -0.15) is 0 Å². The highest BCUT2D eigenvalue weighted by Crippen LogP contribution is 2.20. The summed E-state index contributed by atoms with van der Waals surface area (Å²) in [4.78, 5) is 2.29. The fourth-order valence-electron chi connectivity index (χ4n) is 3.57. The molecule has 0 amide bonds. The first-order valence-electron chi connectivity index (χ1n) is 9.11. The van der Waals surface area contributed by atoms with Gasteiger partial charge in [0.1, 0.15) is 11.9 Å². The number of ether oxygens (including phenoxy) is 2. The lowest BCUT2D eigenvalue weighted by atomic mass is 9.99. The van der Waals surface area contributed by atoms with Crippen LogP contribution >= 0.6 is 0 Å². The van der Waals surface area contributed by atoms with Gasteiger partial charge in [-0.1, -0.05) is 12.1 Å². The molecule has 2 aliphatic rings. The van der Waals surface area contributed by atoms with Crippen molar-refractivity contribution in [2.24, 2.45) is 0 Å². The third-order valence-corrected chi connectivity index (χ3v) is 5.05. The lowest BCUT2D eigenvalue weighted by Gasteiger charge is -2.36. The molecule has 1 aromatic carbocycles. The number of likely N-dealkylation sites (tertiary alicyclic amines) is 1. The molecule has 5 nitrogen and oxygen atoms in total. The summed E-state index contributed by atoms with van der Waals surface area (Å²) in [7, 11) is 0. The molecule has 1 aromatic rings. The third-order valence-electron chi connectivity index (χ3n) is 5.05. The van der Waals surface area contributed by atoms with Crippen LogP contribution in [0.1, 0.15) is 31.2 Å². The maximum Gasteiger partial charge on any atom is 0.122 e. The number of aliphatic hydroxyl groups is 2. The Hall–Kier alpha value is -1.14. The minimum atomic E-state index is -0.265. The molecule has 0 aromatic heterocycles. The second-order valence-electron chi connectivity index (χ2n) is 6.90. The van der Waals surface area contributed by atoms with Crippen LogP contribution in [0.15, 0.2) is 24.3 Å². The minimum absolute atomic E-state index is 0.0858. The lowest BCUT2D eigenvalue weighted by molar-refractivity contribution is 0.00741.